The maximum Gasteiger partial charge on any atom is 0.266 e. The van der Waals surface area contributed by atoms with Crippen LogP contribution in [-0.4, -0.2) is 4.98 Å². The molecule has 5 heteroatoms. The van der Waals surface area contributed by atoms with Gasteiger partial charge < -0.3 is 9.72 Å². The number of aromatic amines is 1. The standard InChI is InChI=1S/C20H15ClN2O2/c1-13-9-18(19(11-22)20(24)23-13)15-5-7-17(8-6-15)25-12-14-3-2-4-16(21)10-14/h2-10H,12H2,1H3,(H,23,24). The minimum atomic E-state index is -0.376. The second-order valence-electron chi connectivity index (χ2n) is 5.62. The van der Waals surface area contributed by atoms with Gasteiger partial charge in [0.1, 0.15) is 24.0 Å². The molecule has 0 atom stereocenters. The van der Waals surface area contributed by atoms with Gasteiger partial charge in [-0.1, -0.05) is 35.9 Å². The average Bonchev–Trinajstić information content (AvgIpc) is 2.60. The number of benzene rings is 2. The van der Waals surface area contributed by atoms with Crippen LogP contribution in [0.1, 0.15) is 16.8 Å². The van der Waals surface area contributed by atoms with Gasteiger partial charge in [-0.15, -0.1) is 0 Å². The molecule has 1 N–H and O–H groups in total. The van der Waals surface area contributed by atoms with Crippen LogP contribution in [-0.2, 0) is 6.61 Å². The SMILES string of the molecule is Cc1cc(-c2ccc(OCc3cccc(Cl)c3)cc2)c(C#N)c(=O)[nH]1. The average molecular weight is 351 g/mol. The van der Waals surface area contributed by atoms with Crippen molar-refractivity contribution in [3.63, 3.8) is 0 Å². The summed E-state index contributed by atoms with van der Waals surface area (Å²) in [6.45, 7) is 2.20. The molecule has 124 valence electrons. The Hall–Kier alpha value is -3.03. The van der Waals surface area contributed by atoms with Gasteiger partial charge >= 0.3 is 0 Å². The molecule has 2 aromatic carbocycles. The molecule has 0 radical (unpaired) electrons. The number of nitrogens with one attached hydrogen (secondary N) is 1. The second-order valence-corrected chi connectivity index (χ2v) is 6.06. The highest BCUT2D eigenvalue weighted by molar-refractivity contribution is 6.30. The molecule has 4 nitrogen and oxygen atoms in total. The Kier molecular flexibility index (Phi) is 4.87. The van der Waals surface area contributed by atoms with Gasteiger partial charge in [0, 0.05) is 16.3 Å². The number of H-pyrrole nitrogens is 1. The summed E-state index contributed by atoms with van der Waals surface area (Å²) in [7, 11) is 0. The Morgan fingerprint density at radius 3 is 2.60 bits per heavy atom. The molecule has 0 bridgehead atoms. The molecule has 1 heterocycles. The maximum atomic E-state index is 11.9. The first kappa shape index (κ1) is 16.8. The molecule has 0 fully saturated rings. The molecule has 0 amide bonds. The number of nitriles is 1. The lowest BCUT2D eigenvalue weighted by Gasteiger charge is -2.09. The van der Waals surface area contributed by atoms with Crippen molar-refractivity contribution in [1.29, 1.82) is 5.26 Å². The van der Waals surface area contributed by atoms with Crippen molar-refractivity contribution in [3.8, 4) is 22.9 Å². The van der Waals surface area contributed by atoms with Crippen molar-refractivity contribution >= 4 is 11.6 Å². The van der Waals surface area contributed by atoms with Gasteiger partial charge in [0.15, 0.2) is 0 Å². The van der Waals surface area contributed by atoms with E-state index in [1.807, 2.05) is 54.6 Å². The Morgan fingerprint density at radius 2 is 1.92 bits per heavy atom. The van der Waals surface area contributed by atoms with E-state index >= 15 is 0 Å². The molecule has 0 aliphatic carbocycles. The lowest BCUT2D eigenvalue weighted by atomic mass is 10.0. The van der Waals surface area contributed by atoms with Crippen LogP contribution in [0.25, 0.3) is 11.1 Å². The Morgan fingerprint density at radius 1 is 1.16 bits per heavy atom. The fraction of sp³-hybridized carbons (Fsp3) is 0.100. The normalized spacial score (nSPS) is 10.3. The monoisotopic (exact) mass is 350 g/mol. The molecule has 25 heavy (non-hydrogen) atoms. The zero-order valence-corrected chi connectivity index (χ0v) is 14.3. The number of halogens is 1. The molecule has 3 aromatic rings. The zero-order chi connectivity index (χ0) is 17.8. The molecule has 0 saturated heterocycles. The fourth-order valence-corrected chi connectivity index (χ4v) is 2.76. The number of hydrogen-bond donors (Lipinski definition) is 1. The third-order valence-electron chi connectivity index (χ3n) is 3.74. The highest BCUT2D eigenvalue weighted by Crippen LogP contribution is 2.25. The van der Waals surface area contributed by atoms with Crippen molar-refractivity contribution in [2.45, 2.75) is 13.5 Å². The number of nitrogens with zero attached hydrogens (tertiary/aromatic N) is 1. The first-order chi connectivity index (χ1) is 12.1. The van der Waals surface area contributed by atoms with Gasteiger partial charge in [-0.3, -0.25) is 4.79 Å². The molecule has 1 aromatic heterocycles. The van der Waals surface area contributed by atoms with E-state index in [9.17, 15) is 10.1 Å². The van der Waals surface area contributed by atoms with Gasteiger partial charge in [0.05, 0.1) is 0 Å². The summed E-state index contributed by atoms with van der Waals surface area (Å²) in [6, 6.07) is 18.6. The number of aromatic nitrogens is 1. The summed E-state index contributed by atoms with van der Waals surface area (Å²) in [5.41, 5.74) is 2.83. The van der Waals surface area contributed by atoms with E-state index in [4.69, 9.17) is 16.3 Å². The Balaban J connectivity index is 1.81. The van der Waals surface area contributed by atoms with E-state index in [-0.39, 0.29) is 11.1 Å². The minimum Gasteiger partial charge on any atom is -0.489 e. The van der Waals surface area contributed by atoms with Crippen LogP contribution in [0.5, 0.6) is 5.75 Å². The summed E-state index contributed by atoms with van der Waals surface area (Å²) in [4.78, 5) is 14.5. The summed E-state index contributed by atoms with van der Waals surface area (Å²) in [5.74, 6) is 0.698. The summed E-state index contributed by atoms with van der Waals surface area (Å²) in [5, 5.41) is 9.90. The van der Waals surface area contributed by atoms with Crippen molar-refractivity contribution in [1.82, 2.24) is 4.98 Å². The van der Waals surface area contributed by atoms with Gasteiger partial charge in [0.25, 0.3) is 5.56 Å². The van der Waals surface area contributed by atoms with E-state index in [1.165, 1.54) is 0 Å². The minimum absolute atomic E-state index is 0.109. The highest BCUT2D eigenvalue weighted by Gasteiger charge is 2.10. The third-order valence-corrected chi connectivity index (χ3v) is 3.97. The van der Waals surface area contributed by atoms with Crippen LogP contribution in [0, 0.1) is 18.3 Å². The number of rotatable bonds is 4. The van der Waals surface area contributed by atoms with E-state index in [1.54, 1.807) is 13.0 Å². The topological polar surface area (TPSA) is 65.9 Å². The van der Waals surface area contributed by atoms with Gasteiger partial charge in [0.2, 0.25) is 0 Å². The van der Waals surface area contributed by atoms with E-state index in [0.29, 0.717) is 28.6 Å². The van der Waals surface area contributed by atoms with Crippen LogP contribution < -0.4 is 10.3 Å². The maximum absolute atomic E-state index is 11.9. The first-order valence-corrected chi connectivity index (χ1v) is 8.06. The summed E-state index contributed by atoms with van der Waals surface area (Å²) >= 11 is 5.96. The van der Waals surface area contributed by atoms with Crippen molar-refractivity contribution in [2.24, 2.45) is 0 Å². The second kappa shape index (κ2) is 7.25. The number of hydrogen-bond acceptors (Lipinski definition) is 3. The van der Waals surface area contributed by atoms with Crippen LogP contribution in [0.3, 0.4) is 0 Å². The number of pyridine rings is 1. The molecule has 0 unspecified atom stereocenters. The van der Waals surface area contributed by atoms with E-state index in [2.05, 4.69) is 4.98 Å². The fourth-order valence-electron chi connectivity index (χ4n) is 2.55. The molecule has 3 rings (SSSR count). The van der Waals surface area contributed by atoms with Crippen molar-refractivity contribution < 1.29 is 4.74 Å². The molecular formula is C20H15ClN2O2. The smallest absolute Gasteiger partial charge is 0.266 e. The number of aryl methyl sites for hydroxylation is 1. The van der Waals surface area contributed by atoms with Crippen LogP contribution in [0.2, 0.25) is 5.02 Å². The van der Waals surface area contributed by atoms with Gasteiger partial charge in [-0.25, -0.2) is 0 Å². The van der Waals surface area contributed by atoms with Crippen molar-refractivity contribution in [3.05, 3.63) is 86.8 Å². The molecule has 0 aliphatic rings. The van der Waals surface area contributed by atoms with Crippen LogP contribution in [0.4, 0.5) is 0 Å². The molecule has 0 aliphatic heterocycles. The van der Waals surface area contributed by atoms with Gasteiger partial charge in [-0.05, 0) is 48.4 Å². The first-order valence-electron chi connectivity index (χ1n) is 7.68. The Labute approximate surface area is 150 Å². The number of ether oxygens (including phenoxy) is 1. The van der Waals surface area contributed by atoms with Gasteiger partial charge in [-0.2, -0.15) is 5.26 Å². The quantitative estimate of drug-likeness (QED) is 0.755. The molecular weight excluding hydrogens is 336 g/mol. The van der Waals surface area contributed by atoms with Crippen LogP contribution in [0.15, 0.2) is 59.4 Å². The van der Waals surface area contributed by atoms with E-state index < -0.39 is 0 Å². The predicted octanol–water partition coefficient (Wildman–Crippen LogP) is 4.45. The lowest BCUT2D eigenvalue weighted by molar-refractivity contribution is 0.306. The Bertz CT molecular complexity index is 1000. The summed E-state index contributed by atoms with van der Waals surface area (Å²) in [6.07, 6.45) is 0. The van der Waals surface area contributed by atoms with Crippen LogP contribution >= 0.6 is 11.6 Å². The highest BCUT2D eigenvalue weighted by atomic mass is 35.5. The molecule has 0 saturated carbocycles. The lowest BCUT2D eigenvalue weighted by Crippen LogP contribution is -2.12. The van der Waals surface area contributed by atoms with E-state index in [0.717, 1.165) is 11.1 Å². The molecule has 0 spiro atoms. The zero-order valence-electron chi connectivity index (χ0n) is 13.5. The summed E-state index contributed by atoms with van der Waals surface area (Å²) < 4.78 is 5.75. The predicted molar refractivity (Wildman–Crippen MR) is 97.7 cm³/mol. The third kappa shape index (κ3) is 3.90. The largest absolute Gasteiger partial charge is 0.489 e. The van der Waals surface area contributed by atoms with Crippen molar-refractivity contribution in [2.75, 3.05) is 0 Å².